The Balaban J connectivity index is -0.00000342. The summed E-state index contributed by atoms with van der Waals surface area (Å²) in [6.45, 7) is 4.02. The van der Waals surface area contributed by atoms with Gasteiger partial charge in [0.15, 0.2) is 0 Å². The van der Waals surface area contributed by atoms with E-state index in [2.05, 4.69) is 10.2 Å². The van der Waals surface area contributed by atoms with Gasteiger partial charge in [-0.15, -0.1) is 10.2 Å². The molecule has 192 valence electrons. The molecule has 0 aromatic heterocycles. The fraction of sp³-hybridized carbons (Fsp3) is 0.333. The van der Waals surface area contributed by atoms with E-state index in [0.717, 1.165) is 32.1 Å². The first-order valence-electron chi connectivity index (χ1n) is 10.7. The van der Waals surface area contributed by atoms with Gasteiger partial charge in [-0.3, -0.25) is 0 Å². The molecule has 2 aromatic rings. The molecule has 0 aliphatic carbocycles. The predicted octanol–water partition coefficient (Wildman–Crippen LogP) is -14.0. The molecule has 0 saturated heterocycles. The first kappa shape index (κ1) is 46.5. The number of hydrogen-bond donors (Lipinski definition) is 0. The van der Waals surface area contributed by atoms with Crippen molar-refractivity contribution < 1.29 is 245 Å². The molecule has 0 atom stereocenters. The van der Waals surface area contributed by atoms with E-state index >= 15 is 0 Å². The number of aryl methyl sites for hydroxylation is 4. The molecule has 0 heterocycles. The monoisotopic (exact) mass is 652 g/mol. The number of aliphatic carboxylic acids is 4. The fourth-order valence-corrected chi connectivity index (χ4v) is 3.42. The maximum absolute atomic E-state index is 11.2. The summed E-state index contributed by atoms with van der Waals surface area (Å²) in [5, 5.41) is 53.3. The number of azo groups is 1. The number of carboxylic acid groups (broad SMARTS) is 4. The van der Waals surface area contributed by atoms with Crippen molar-refractivity contribution in [1.82, 2.24) is 0 Å². The smallest absolute Gasteiger partial charge is 0.548 e. The van der Waals surface area contributed by atoms with Gasteiger partial charge >= 0.3 is 206 Å². The molecule has 0 aliphatic rings. The Morgan fingerprint density at radius 1 is 0.525 bits per heavy atom. The van der Waals surface area contributed by atoms with Gasteiger partial charge in [0, 0.05) is 0 Å². The van der Waals surface area contributed by atoms with Crippen molar-refractivity contribution >= 4 is 46.6 Å². The standard InChI is InChI=1S/C24H28N4O8.4K/c1-13-5-17(19(7-15(13)3)27(9-21(29)30)10-22(31)32)25-26-18-6-14(2)16(4)8-20(18)28(11-23(33)34)12-24(35)36;;;;/h5-8H,9-12H2,1-4H3,(H,29,30)(H,31,32)(H,33,34)(H,35,36);;;;/q;4*+1/p-4. The summed E-state index contributed by atoms with van der Waals surface area (Å²) < 4.78 is 0. The van der Waals surface area contributed by atoms with Gasteiger partial charge in [0.2, 0.25) is 0 Å². The van der Waals surface area contributed by atoms with E-state index in [4.69, 9.17) is 0 Å². The summed E-state index contributed by atoms with van der Waals surface area (Å²) in [6.07, 6.45) is 0. The summed E-state index contributed by atoms with van der Waals surface area (Å²) in [4.78, 5) is 47.0. The first-order valence-corrected chi connectivity index (χ1v) is 10.7. The first-order chi connectivity index (χ1) is 16.8. The van der Waals surface area contributed by atoms with Gasteiger partial charge < -0.3 is 49.4 Å². The van der Waals surface area contributed by atoms with E-state index in [-0.39, 0.29) is 228 Å². The van der Waals surface area contributed by atoms with E-state index in [1.807, 2.05) is 0 Å². The molecular formula is C24H24K4N4O8. The number of carbonyl (C=O) groups excluding carboxylic acids is 4. The molecule has 0 amide bonds. The fourth-order valence-electron chi connectivity index (χ4n) is 3.42. The van der Waals surface area contributed by atoms with Crippen LogP contribution in [0, 0.1) is 27.7 Å². The minimum atomic E-state index is -1.52. The number of nitrogens with zero attached hydrogens (tertiary/aromatic N) is 4. The number of carbonyl (C=O) groups is 4. The summed E-state index contributed by atoms with van der Waals surface area (Å²) in [7, 11) is 0. The molecule has 0 unspecified atom stereocenters. The third-order valence-electron chi connectivity index (χ3n) is 5.41. The molecular weight excluding hydrogens is 629 g/mol. The summed E-state index contributed by atoms with van der Waals surface area (Å²) in [5.41, 5.74) is 3.49. The molecule has 2 aromatic carbocycles. The molecule has 0 aliphatic heterocycles. The van der Waals surface area contributed by atoms with E-state index in [9.17, 15) is 39.6 Å². The van der Waals surface area contributed by atoms with Crippen molar-refractivity contribution in [3.8, 4) is 0 Å². The number of rotatable bonds is 12. The minimum absolute atomic E-state index is 0. The van der Waals surface area contributed by atoms with Crippen LogP contribution in [-0.2, 0) is 19.2 Å². The molecule has 0 spiro atoms. The predicted molar refractivity (Wildman–Crippen MR) is 120 cm³/mol. The molecule has 0 bridgehead atoms. The molecule has 2 rings (SSSR count). The number of hydrogen-bond acceptors (Lipinski definition) is 12. The van der Waals surface area contributed by atoms with Crippen molar-refractivity contribution in [3.05, 3.63) is 46.5 Å². The van der Waals surface area contributed by atoms with Crippen LogP contribution in [0.4, 0.5) is 22.7 Å². The Bertz CT molecular complexity index is 1120. The van der Waals surface area contributed by atoms with Crippen molar-refractivity contribution in [3.63, 3.8) is 0 Å². The maximum Gasteiger partial charge on any atom is 1.00 e. The van der Waals surface area contributed by atoms with Gasteiger partial charge in [0.05, 0.1) is 61.4 Å². The van der Waals surface area contributed by atoms with Crippen molar-refractivity contribution in [2.45, 2.75) is 27.7 Å². The van der Waals surface area contributed by atoms with Crippen molar-refractivity contribution in [2.24, 2.45) is 10.2 Å². The zero-order valence-corrected chi connectivity index (χ0v) is 36.7. The van der Waals surface area contributed by atoms with E-state index < -0.39 is 50.1 Å². The Morgan fingerprint density at radius 3 is 0.975 bits per heavy atom. The second-order valence-corrected chi connectivity index (χ2v) is 8.25. The van der Waals surface area contributed by atoms with Crippen LogP contribution in [0.15, 0.2) is 34.5 Å². The third kappa shape index (κ3) is 15.4. The van der Waals surface area contributed by atoms with Gasteiger partial charge in [-0.05, 0) is 74.2 Å². The molecule has 12 nitrogen and oxygen atoms in total. The van der Waals surface area contributed by atoms with E-state index in [0.29, 0.717) is 0 Å². The molecule has 0 fully saturated rings. The zero-order valence-electron chi connectivity index (χ0n) is 24.2. The average Bonchev–Trinajstić information content (AvgIpc) is 2.74. The van der Waals surface area contributed by atoms with Crippen LogP contribution in [0.5, 0.6) is 0 Å². The quantitative estimate of drug-likeness (QED) is 0.157. The van der Waals surface area contributed by atoms with E-state index in [1.54, 1.807) is 52.0 Å². The molecule has 16 heteroatoms. The maximum atomic E-state index is 11.2. The average molecular weight is 653 g/mol. The Hall–Kier alpha value is 2.07. The van der Waals surface area contributed by atoms with Crippen LogP contribution in [0.1, 0.15) is 22.3 Å². The van der Waals surface area contributed by atoms with Crippen LogP contribution < -0.4 is 236 Å². The van der Waals surface area contributed by atoms with Crippen LogP contribution in [-0.4, -0.2) is 50.1 Å². The SMILES string of the molecule is Cc1cc(N=Nc2cc(C)c(C)cc2N(CC(=O)[O-])CC(=O)[O-])c(N(CC(=O)[O-])CC(=O)[O-])cc1C.[K+].[K+].[K+].[K+]. The molecule has 0 saturated carbocycles. The van der Waals surface area contributed by atoms with Gasteiger partial charge in [-0.1, -0.05) is 0 Å². The van der Waals surface area contributed by atoms with Gasteiger partial charge in [0.25, 0.3) is 0 Å². The second kappa shape index (κ2) is 22.6. The summed E-state index contributed by atoms with van der Waals surface area (Å²) >= 11 is 0. The summed E-state index contributed by atoms with van der Waals surface area (Å²) in [5.74, 6) is -6.08. The van der Waals surface area contributed by atoms with Gasteiger partial charge in [-0.2, -0.15) is 0 Å². The van der Waals surface area contributed by atoms with Gasteiger partial charge in [-0.25, -0.2) is 0 Å². The van der Waals surface area contributed by atoms with Crippen LogP contribution in [0.3, 0.4) is 0 Å². The normalized spacial score (nSPS) is 9.80. The zero-order chi connectivity index (χ0) is 27.2. The minimum Gasteiger partial charge on any atom is -0.548 e. The van der Waals surface area contributed by atoms with E-state index in [1.165, 1.54) is 0 Å². The second-order valence-electron chi connectivity index (χ2n) is 8.25. The number of benzene rings is 2. The molecule has 40 heavy (non-hydrogen) atoms. The largest absolute Gasteiger partial charge is 1.00 e. The topological polar surface area (TPSA) is 192 Å². The van der Waals surface area contributed by atoms with Crippen LogP contribution >= 0.6 is 0 Å². The summed E-state index contributed by atoms with van der Waals surface area (Å²) in [6, 6.07) is 6.25. The molecule has 0 N–H and O–H groups in total. The van der Waals surface area contributed by atoms with Gasteiger partial charge in [0.1, 0.15) is 11.4 Å². The Morgan fingerprint density at radius 2 is 0.750 bits per heavy atom. The van der Waals surface area contributed by atoms with Crippen LogP contribution in [0.25, 0.3) is 0 Å². The van der Waals surface area contributed by atoms with Crippen molar-refractivity contribution in [2.75, 3.05) is 36.0 Å². The number of carboxylic acids is 4. The Kier molecular flexibility index (Phi) is 26.2. The van der Waals surface area contributed by atoms with Crippen LogP contribution in [0.2, 0.25) is 0 Å². The Labute approximate surface area is 402 Å². The third-order valence-corrected chi connectivity index (χ3v) is 5.41. The number of anilines is 2. The van der Waals surface area contributed by atoms with Crippen molar-refractivity contribution in [1.29, 1.82) is 0 Å². The molecule has 0 radical (unpaired) electrons.